The minimum atomic E-state index is -1.23. The molecule has 2 rings (SSSR count). The molecule has 0 fully saturated rings. The van der Waals surface area contributed by atoms with Crippen molar-refractivity contribution in [1.29, 1.82) is 0 Å². The first kappa shape index (κ1) is 26.7. The molecule has 1 aliphatic rings. The van der Waals surface area contributed by atoms with E-state index in [0.29, 0.717) is 0 Å². The fourth-order valence-electron chi connectivity index (χ4n) is 3.39. The Bertz CT molecular complexity index is 641. The van der Waals surface area contributed by atoms with Gasteiger partial charge in [-0.1, -0.05) is 0 Å². The number of rotatable bonds is 3. The maximum atomic E-state index is 2.50. The van der Waals surface area contributed by atoms with Crippen molar-refractivity contribution >= 4 is 8.07 Å². The molecule has 0 nitrogen and oxygen atoms in total. The molecule has 132 valence electrons. The summed E-state index contributed by atoms with van der Waals surface area (Å²) in [5.74, 6) is 0. The average molecular weight is 438 g/mol. The molecule has 0 amide bonds. The summed E-state index contributed by atoms with van der Waals surface area (Å²) in [5.41, 5.74) is 6.00. The average Bonchev–Trinajstić information content (AvgIpc) is 2.74. The van der Waals surface area contributed by atoms with Gasteiger partial charge in [0.1, 0.15) is 0 Å². The third kappa shape index (κ3) is 5.25. The molecule has 1 aliphatic carbocycles. The molecule has 24 heavy (non-hydrogen) atoms. The van der Waals surface area contributed by atoms with Gasteiger partial charge in [-0.05, 0) is 0 Å². The van der Waals surface area contributed by atoms with Crippen LogP contribution < -0.4 is 37.2 Å². The summed E-state index contributed by atoms with van der Waals surface area (Å²) in [6.07, 6.45) is 3.63. The monoisotopic (exact) mass is 436 g/mol. The third-order valence-electron chi connectivity index (χ3n) is 4.71. The van der Waals surface area contributed by atoms with Gasteiger partial charge in [0.25, 0.3) is 0 Å². The summed E-state index contributed by atoms with van der Waals surface area (Å²) in [6.45, 7) is 16.6. The summed E-state index contributed by atoms with van der Waals surface area (Å²) >= 11 is 2.35. The minimum absolute atomic E-state index is 0. The first-order valence-corrected chi connectivity index (χ1v) is 12.1. The number of allylic oxidation sites excluding steroid dienone is 4. The van der Waals surface area contributed by atoms with Gasteiger partial charge in [-0.3, -0.25) is 0 Å². The van der Waals surface area contributed by atoms with E-state index in [9.17, 15) is 0 Å². The van der Waals surface area contributed by atoms with Gasteiger partial charge in [0.15, 0.2) is 0 Å². The molecule has 0 saturated heterocycles. The van der Waals surface area contributed by atoms with Crippen LogP contribution in [-0.4, -0.2) is 8.07 Å². The number of benzene rings is 1. The Hall–Kier alpha value is 0.501. The fourth-order valence-corrected chi connectivity index (χ4v) is 7.57. The maximum absolute atomic E-state index is 2.50. The zero-order valence-corrected chi connectivity index (χ0v) is 20.5. The molecule has 0 saturated carbocycles. The van der Waals surface area contributed by atoms with Crippen LogP contribution in [0, 0.1) is 13.8 Å². The molecule has 1 aromatic rings. The van der Waals surface area contributed by atoms with E-state index in [1.54, 1.807) is 14.6 Å². The molecule has 0 bridgehead atoms. The normalized spacial score (nSPS) is 14.5. The van der Waals surface area contributed by atoms with E-state index in [2.05, 4.69) is 92.0 Å². The Labute approximate surface area is 179 Å². The minimum Gasteiger partial charge on any atom is -1.00 e. The summed E-state index contributed by atoms with van der Waals surface area (Å²) in [7, 11) is -1.23. The van der Waals surface area contributed by atoms with Crippen LogP contribution in [0.3, 0.4) is 0 Å². The fraction of sp³-hybridized carbons (Fsp3) is 0.474. The van der Waals surface area contributed by atoms with Gasteiger partial charge in [-0.2, -0.15) is 0 Å². The number of hydrogen-bond donors (Lipinski definition) is 0. The van der Waals surface area contributed by atoms with E-state index >= 15 is 0 Å². The molecule has 0 aromatic heterocycles. The SMILES string of the molecule is Cc1ccc(C)c(C(C)(C)C2=[C]([Ti+3])C([Si](C)(C)C)=CC2)c1.[Cl-].[Cl-].[Cl-]. The predicted octanol–water partition coefficient (Wildman–Crippen LogP) is -3.40. The first-order chi connectivity index (χ1) is 9.55. The molecular formula is C19H27Cl3SiTi. The second-order valence-electron chi connectivity index (χ2n) is 7.87. The molecule has 1 aromatic carbocycles. The molecule has 0 aliphatic heterocycles. The van der Waals surface area contributed by atoms with Crippen molar-refractivity contribution in [2.75, 3.05) is 0 Å². The maximum Gasteiger partial charge on any atom is -1.00 e. The Morgan fingerprint density at radius 1 is 1.00 bits per heavy atom. The van der Waals surface area contributed by atoms with Crippen LogP contribution in [-0.2, 0) is 25.9 Å². The van der Waals surface area contributed by atoms with Crippen LogP contribution in [0.1, 0.15) is 37.0 Å². The van der Waals surface area contributed by atoms with Gasteiger partial charge in [0.2, 0.25) is 0 Å². The van der Waals surface area contributed by atoms with Crippen LogP contribution in [0.15, 0.2) is 38.9 Å². The molecule has 0 spiro atoms. The summed E-state index contributed by atoms with van der Waals surface area (Å²) in [5, 5.41) is 1.66. The van der Waals surface area contributed by atoms with E-state index in [4.69, 9.17) is 0 Å². The van der Waals surface area contributed by atoms with Crippen molar-refractivity contribution < 1.29 is 57.7 Å². The van der Waals surface area contributed by atoms with Crippen molar-refractivity contribution in [2.24, 2.45) is 0 Å². The Morgan fingerprint density at radius 3 is 2.00 bits per heavy atom. The zero-order valence-electron chi connectivity index (χ0n) is 15.7. The largest absolute Gasteiger partial charge is 1.00 e. The van der Waals surface area contributed by atoms with Crippen molar-refractivity contribution in [3.05, 3.63) is 55.6 Å². The summed E-state index contributed by atoms with van der Waals surface area (Å²) < 4.78 is 1.57. The molecule has 0 unspecified atom stereocenters. The van der Waals surface area contributed by atoms with Crippen LogP contribution >= 0.6 is 0 Å². The molecule has 0 radical (unpaired) electrons. The molecule has 0 N–H and O–H groups in total. The quantitative estimate of drug-likeness (QED) is 0.433. The first-order valence-electron chi connectivity index (χ1n) is 7.79. The second-order valence-corrected chi connectivity index (χ2v) is 13.7. The predicted molar refractivity (Wildman–Crippen MR) is 92.0 cm³/mol. The zero-order chi connectivity index (χ0) is 16.0. The van der Waals surface area contributed by atoms with Crippen molar-refractivity contribution in [1.82, 2.24) is 0 Å². The molecule has 5 heteroatoms. The van der Waals surface area contributed by atoms with Gasteiger partial charge in [-0.25, -0.2) is 0 Å². The smallest absolute Gasteiger partial charge is 1.00 e. The molecule has 0 heterocycles. The summed E-state index contributed by atoms with van der Waals surface area (Å²) in [4.78, 5) is 0. The van der Waals surface area contributed by atoms with E-state index in [-0.39, 0.29) is 42.6 Å². The number of hydrogen-bond acceptors (Lipinski definition) is 0. The van der Waals surface area contributed by atoms with Crippen LogP contribution in [0.5, 0.6) is 0 Å². The van der Waals surface area contributed by atoms with Gasteiger partial charge >= 0.3 is 143 Å². The van der Waals surface area contributed by atoms with Gasteiger partial charge < -0.3 is 37.2 Å². The Balaban J connectivity index is 0. The van der Waals surface area contributed by atoms with E-state index in [0.717, 1.165) is 6.42 Å². The van der Waals surface area contributed by atoms with Crippen molar-refractivity contribution in [3.63, 3.8) is 0 Å². The van der Waals surface area contributed by atoms with Crippen LogP contribution in [0.2, 0.25) is 19.6 Å². The second kappa shape index (κ2) is 9.44. The molecular weight excluding hydrogens is 411 g/mol. The van der Waals surface area contributed by atoms with Crippen LogP contribution in [0.4, 0.5) is 0 Å². The standard InChI is InChI=1S/C19H27Si.3ClH.Ti/c1-14-8-9-15(2)18(12-14)19(3,4)16-10-11-17(13-16)20(5,6)7;;;;/h8-9,11-12H,10H2,1-7H3;3*1H;/q;;;;+3/p-3. The molecule has 0 atom stereocenters. The van der Waals surface area contributed by atoms with Gasteiger partial charge in [0, 0.05) is 0 Å². The number of halogens is 3. The topological polar surface area (TPSA) is 0 Å². The van der Waals surface area contributed by atoms with E-state index in [1.807, 2.05) is 0 Å². The van der Waals surface area contributed by atoms with Gasteiger partial charge in [0.05, 0.1) is 0 Å². The summed E-state index contributed by atoms with van der Waals surface area (Å²) in [6, 6.07) is 6.86. The Kier molecular flexibility index (Phi) is 10.5. The van der Waals surface area contributed by atoms with E-state index in [1.165, 1.54) is 16.7 Å². The van der Waals surface area contributed by atoms with Gasteiger partial charge in [-0.15, -0.1) is 0 Å². The third-order valence-corrected chi connectivity index (χ3v) is 8.06. The van der Waals surface area contributed by atoms with Crippen molar-refractivity contribution in [2.45, 2.75) is 59.2 Å². The van der Waals surface area contributed by atoms with Crippen molar-refractivity contribution in [3.8, 4) is 0 Å². The van der Waals surface area contributed by atoms with Crippen LogP contribution in [0.25, 0.3) is 0 Å². The van der Waals surface area contributed by atoms with E-state index < -0.39 is 8.07 Å². The number of aryl methyl sites for hydroxylation is 2. The Morgan fingerprint density at radius 2 is 1.54 bits per heavy atom.